The standard InChI is InChI=1S/C12H16Cl2N2/c1-7-4-5-8-9(12(2,3)6-7)15-11(14)16-10(8)13/h7H,4-6H2,1-3H3. The summed E-state index contributed by atoms with van der Waals surface area (Å²) in [7, 11) is 0. The van der Waals surface area contributed by atoms with Gasteiger partial charge in [-0.25, -0.2) is 9.97 Å². The van der Waals surface area contributed by atoms with E-state index in [1.807, 2.05) is 0 Å². The predicted molar refractivity (Wildman–Crippen MR) is 67.2 cm³/mol. The maximum absolute atomic E-state index is 6.16. The molecule has 0 spiro atoms. The molecule has 16 heavy (non-hydrogen) atoms. The zero-order chi connectivity index (χ0) is 11.9. The van der Waals surface area contributed by atoms with Crippen molar-refractivity contribution in [2.75, 3.05) is 0 Å². The van der Waals surface area contributed by atoms with E-state index < -0.39 is 0 Å². The van der Waals surface area contributed by atoms with E-state index in [0.29, 0.717) is 11.1 Å². The fourth-order valence-electron chi connectivity index (χ4n) is 2.67. The summed E-state index contributed by atoms with van der Waals surface area (Å²) in [6.45, 7) is 6.68. The van der Waals surface area contributed by atoms with Gasteiger partial charge in [0.05, 0.1) is 5.69 Å². The molecule has 0 saturated carbocycles. The maximum Gasteiger partial charge on any atom is 0.224 e. The van der Waals surface area contributed by atoms with Gasteiger partial charge in [0, 0.05) is 11.0 Å². The smallest absolute Gasteiger partial charge is 0.222 e. The third-order valence-electron chi connectivity index (χ3n) is 3.32. The van der Waals surface area contributed by atoms with Gasteiger partial charge < -0.3 is 0 Å². The van der Waals surface area contributed by atoms with Crippen LogP contribution in [0.15, 0.2) is 0 Å². The van der Waals surface area contributed by atoms with Crippen LogP contribution in [0.3, 0.4) is 0 Å². The average Bonchev–Trinajstić information content (AvgIpc) is 2.23. The Morgan fingerprint density at radius 2 is 1.94 bits per heavy atom. The summed E-state index contributed by atoms with van der Waals surface area (Å²) in [6.07, 6.45) is 3.21. The lowest BCUT2D eigenvalue weighted by Crippen LogP contribution is -2.22. The van der Waals surface area contributed by atoms with E-state index in [2.05, 4.69) is 30.7 Å². The molecular weight excluding hydrogens is 243 g/mol. The molecule has 1 atom stereocenters. The van der Waals surface area contributed by atoms with Crippen LogP contribution in [0, 0.1) is 5.92 Å². The predicted octanol–water partition coefficient (Wildman–Crippen LogP) is 4.03. The molecule has 1 aliphatic carbocycles. The summed E-state index contributed by atoms with van der Waals surface area (Å²) in [5, 5.41) is 0.781. The number of halogens is 2. The second-order valence-electron chi connectivity index (χ2n) is 5.34. The summed E-state index contributed by atoms with van der Waals surface area (Å²) in [5.74, 6) is 0.680. The van der Waals surface area contributed by atoms with Crippen LogP contribution in [0.5, 0.6) is 0 Å². The van der Waals surface area contributed by atoms with Gasteiger partial charge in [0.1, 0.15) is 5.15 Å². The Labute approximate surface area is 106 Å². The molecule has 0 aromatic carbocycles. The highest BCUT2D eigenvalue weighted by Gasteiger charge is 2.32. The van der Waals surface area contributed by atoms with Gasteiger partial charge in [-0.05, 0) is 36.8 Å². The summed E-state index contributed by atoms with van der Waals surface area (Å²) in [4.78, 5) is 8.43. The third-order valence-corrected chi connectivity index (χ3v) is 3.80. The summed E-state index contributed by atoms with van der Waals surface area (Å²) >= 11 is 12.1. The highest BCUT2D eigenvalue weighted by atomic mass is 35.5. The number of nitrogens with zero attached hydrogens (tertiary/aromatic N) is 2. The lowest BCUT2D eigenvalue weighted by molar-refractivity contribution is 0.374. The zero-order valence-electron chi connectivity index (χ0n) is 9.85. The first-order valence-corrected chi connectivity index (χ1v) is 6.38. The zero-order valence-corrected chi connectivity index (χ0v) is 11.4. The number of hydrogen-bond donors (Lipinski definition) is 0. The number of hydrogen-bond acceptors (Lipinski definition) is 2. The van der Waals surface area contributed by atoms with Crippen LogP contribution in [0.1, 0.15) is 44.9 Å². The molecule has 1 unspecified atom stereocenters. The second-order valence-corrected chi connectivity index (χ2v) is 6.04. The van der Waals surface area contributed by atoms with Gasteiger partial charge in [-0.3, -0.25) is 0 Å². The molecule has 0 saturated heterocycles. The first-order valence-electron chi connectivity index (χ1n) is 5.62. The first-order chi connectivity index (χ1) is 7.40. The molecule has 0 fully saturated rings. The molecule has 2 nitrogen and oxygen atoms in total. The van der Waals surface area contributed by atoms with Crippen LogP contribution in [-0.4, -0.2) is 9.97 Å². The van der Waals surface area contributed by atoms with Crippen LogP contribution >= 0.6 is 23.2 Å². The Balaban J connectivity index is 2.58. The quantitative estimate of drug-likeness (QED) is 0.399. The Bertz CT molecular complexity index is 416. The Kier molecular flexibility index (Phi) is 3.15. The summed E-state index contributed by atoms with van der Waals surface area (Å²) in [5.41, 5.74) is 2.14. The molecule has 1 aliphatic rings. The van der Waals surface area contributed by atoms with Crippen molar-refractivity contribution in [1.82, 2.24) is 9.97 Å². The molecule has 1 aromatic heterocycles. The van der Waals surface area contributed by atoms with E-state index in [4.69, 9.17) is 23.2 Å². The second kappa shape index (κ2) is 4.15. The van der Waals surface area contributed by atoms with Crippen molar-refractivity contribution < 1.29 is 0 Å². The third kappa shape index (κ3) is 2.18. The van der Waals surface area contributed by atoms with E-state index in [1.165, 1.54) is 0 Å². The molecule has 4 heteroatoms. The van der Waals surface area contributed by atoms with E-state index >= 15 is 0 Å². The van der Waals surface area contributed by atoms with Crippen LogP contribution in [0.4, 0.5) is 0 Å². The van der Waals surface area contributed by atoms with Crippen molar-refractivity contribution in [3.63, 3.8) is 0 Å². The molecule has 0 bridgehead atoms. The normalized spacial score (nSPS) is 23.7. The van der Waals surface area contributed by atoms with Crippen molar-refractivity contribution in [1.29, 1.82) is 0 Å². The molecule has 0 N–H and O–H groups in total. The molecule has 1 aromatic rings. The Morgan fingerprint density at radius 1 is 1.25 bits per heavy atom. The van der Waals surface area contributed by atoms with Crippen LogP contribution in [0.2, 0.25) is 10.4 Å². The van der Waals surface area contributed by atoms with E-state index in [1.54, 1.807) is 0 Å². The van der Waals surface area contributed by atoms with E-state index in [-0.39, 0.29) is 10.7 Å². The monoisotopic (exact) mass is 258 g/mol. The molecule has 0 radical (unpaired) electrons. The first kappa shape index (κ1) is 12.1. The van der Waals surface area contributed by atoms with Crippen molar-refractivity contribution in [2.24, 2.45) is 5.92 Å². The molecular formula is C12H16Cl2N2. The lowest BCUT2D eigenvalue weighted by Gasteiger charge is -2.26. The molecule has 0 amide bonds. The Hall–Kier alpha value is -0.340. The van der Waals surface area contributed by atoms with Gasteiger partial charge >= 0.3 is 0 Å². The fourth-order valence-corrected chi connectivity index (χ4v) is 3.15. The lowest BCUT2D eigenvalue weighted by atomic mass is 9.81. The highest BCUT2D eigenvalue weighted by Crippen LogP contribution is 2.39. The van der Waals surface area contributed by atoms with Gasteiger partial charge in [-0.2, -0.15) is 0 Å². The van der Waals surface area contributed by atoms with Crippen molar-refractivity contribution >= 4 is 23.2 Å². The van der Waals surface area contributed by atoms with Crippen molar-refractivity contribution in [3.8, 4) is 0 Å². The van der Waals surface area contributed by atoms with E-state index in [9.17, 15) is 0 Å². The number of rotatable bonds is 0. The minimum absolute atomic E-state index is 0.0292. The van der Waals surface area contributed by atoms with Gasteiger partial charge in [0.15, 0.2) is 0 Å². The summed E-state index contributed by atoms with van der Waals surface area (Å²) in [6, 6.07) is 0. The Morgan fingerprint density at radius 3 is 2.62 bits per heavy atom. The van der Waals surface area contributed by atoms with E-state index in [0.717, 1.165) is 30.5 Å². The van der Waals surface area contributed by atoms with Crippen molar-refractivity contribution in [2.45, 2.75) is 45.4 Å². The van der Waals surface area contributed by atoms with Gasteiger partial charge in [-0.15, -0.1) is 0 Å². The van der Waals surface area contributed by atoms with Gasteiger partial charge in [-0.1, -0.05) is 32.4 Å². The highest BCUT2D eigenvalue weighted by molar-refractivity contribution is 6.32. The SMILES string of the molecule is CC1CCc2c(Cl)nc(Cl)nc2C(C)(C)C1. The van der Waals surface area contributed by atoms with Gasteiger partial charge in [0.25, 0.3) is 0 Å². The fraction of sp³-hybridized carbons (Fsp3) is 0.667. The minimum atomic E-state index is 0.0292. The summed E-state index contributed by atoms with van der Waals surface area (Å²) < 4.78 is 0. The van der Waals surface area contributed by atoms with Crippen molar-refractivity contribution in [3.05, 3.63) is 21.7 Å². The average molecular weight is 259 g/mol. The van der Waals surface area contributed by atoms with Crippen LogP contribution < -0.4 is 0 Å². The topological polar surface area (TPSA) is 25.8 Å². The number of fused-ring (bicyclic) bond motifs is 1. The molecule has 88 valence electrons. The number of aromatic nitrogens is 2. The maximum atomic E-state index is 6.16. The largest absolute Gasteiger partial charge is 0.224 e. The molecule has 0 aliphatic heterocycles. The van der Waals surface area contributed by atoms with Crippen LogP contribution in [-0.2, 0) is 11.8 Å². The minimum Gasteiger partial charge on any atom is -0.222 e. The molecule has 1 heterocycles. The molecule has 2 rings (SSSR count). The van der Waals surface area contributed by atoms with Gasteiger partial charge in [0.2, 0.25) is 5.28 Å². The van der Waals surface area contributed by atoms with Crippen LogP contribution in [0.25, 0.3) is 0 Å².